The lowest BCUT2D eigenvalue weighted by atomic mass is 10.0. The Morgan fingerprint density at radius 3 is 2.38 bits per heavy atom. The summed E-state index contributed by atoms with van der Waals surface area (Å²) in [5.74, 6) is 1.21. The van der Waals surface area contributed by atoms with Crippen molar-refractivity contribution in [2.45, 2.75) is 51.0 Å². The summed E-state index contributed by atoms with van der Waals surface area (Å²) in [4.78, 5) is 17.2. The van der Waals surface area contributed by atoms with Crippen molar-refractivity contribution >= 4 is 0 Å². The summed E-state index contributed by atoms with van der Waals surface area (Å²) in [6, 6.07) is 3.63. The molecule has 0 spiro atoms. The second-order valence-electron chi connectivity index (χ2n) is 7.93. The Balaban J connectivity index is 1.21. The second-order valence-corrected chi connectivity index (χ2v) is 7.93. The van der Waals surface area contributed by atoms with Crippen molar-refractivity contribution in [3.05, 3.63) is 28.2 Å². The van der Waals surface area contributed by atoms with Crippen LogP contribution in [0.1, 0.15) is 50.1 Å². The smallest absolute Gasteiger partial charge is 0.266 e. The molecule has 1 aliphatic carbocycles. The largest absolute Gasteiger partial charge is 0.302 e. The Kier molecular flexibility index (Phi) is 4.99. The fraction of sp³-hybridized carbons (Fsp3) is 0.789. The molecule has 3 fully saturated rings. The molecule has 1 saturated carbocycles. The Hall–Kier alpha value is -1.20. The average Bonchev–Trinajstić information content (AvgIpc) is 3.38. The summed E-state index contributed by atoms with van der Waals surface area (Å²) in [7, 11) is 0. The highest BCUT2D eigenvalue weighted by Gasteiger charge is 2.29. The lowest BCUT2D eigenvalue weighted by Crippen LogP contribution is -2.51. The van der Waals surface area contributed by atoms with Crippen LogP contribution in [0.15, 0.2) is 16.9 Å². The van der Waals surface area contributed by atoms with E-state index in [0.29, 0.717) is 11.8 Å². The van der Waals surface area contributed by atoms with Crippen LogP contribution < -0.4 is 5.56 Å². The first-order valence-electron chi connectivity index (χ1n) is 9.81. The van der Waals surface area contributed by atoms with Crippen LogP contribution in [0.5, 0.6) is 0 Å². The molecule has 0 radical (unpaired) electrons. The van der Waals surface area contributed by atoms with E-state index in [-0.39, 0.29) is 5.56 Å². The standard InChI is InChI=1S/C19H30N4O/c24-19-8-7-18(17-5-6-17)20-23(19)15-16-13-22(14-16)12-11-21-9-3-1-2-4-10-21/h7-8,16-17H,1-6,9-15H2. The molecular weight excluding hydrogens is 300 g/mol. The van der Waals surface area contributed by atoms with Crippen molar-refractivity contribution < 1.29 is 0 Å². The van der Waals surface area contributed by atoms with Gasteiger partial charge >= 0.3 is 0 Å². The fourth-order valence-electron chi connectivity index (χ4n) is 4.05. The molecule has 132 valence electrons. The van der Waals surface area contributed by atoms with Crippen molar-refractivity contribution in [2.75, 3.05) is 39.3 Å². The number of aromatic nitrogens is 2. The van der Waals surface area contributed by atoms with Gasteiger partial charge in [0.25, 0.3) is 5.56 Å². The quantitative estimate of drug-likeness (QED) is 0.799. The molecule has 1 aromatic heterocycles. The molecular formula is C19H30N4O. The van der Waals surface area contributed by atoms with Gasteiger partial charge in [0.1, 0.15) is 0 Å². The second kappa shape index (κ2) is 7.36. The molecule has 0 unspecified atom stereocenters. The zero-order valence-corrected chi connectivity index (χ0v) is 14.7. The molecule has 3 aliphatic rings. The van der Waals surface area contributed by atoms with E-state index in [2.05, 4.69) is 14.9 Å². The summed E-state index contributed by atoms with van der Waals surface area (Å²) in [5.41, 5.74) is 1.18. The SMILES string of the molecule is O=c1ccc(C2CC2)nn1CC1CN(CCN2CCCCCC2)C1. The lowest BCUT2D eigenvalue weighted by Gasteiger charge is -2.40. The predicted molar refractivity (Wildman–Crippen MR) is 95.3 cm³/mol. The highest BCUT2D eigenvalue weighted by Crippen LogP contribution is 2.38. The molecule has 0 bridgehead atoms. The number of rotatable bonds is 6. The van der Waals surface area contributed by atoms with Crippen LogP contribution in [0.25, 0.3) is 0 Å². The van der Waals surface area contributed by atoms with Gasteiger partial charge in [0.05, 0.1) is 12.2 Å². The molecule has 24 heavy (non-hydrogen) atoms. The van der Waals surface area contributed by atoms with E-state index in [0.717, 1.165) is 25.3 Å². The molecule has 0 amide bonds. The highest BCUT2D eigenvalue weighted by atomic mass is 16.1. The third-order valence-corrected chi connectivity index (χ3v) is 5.78. The van der Waals surface area contributed by atoms with Gasteiger partial charge in [0, 0.05) is 44.1 Å². The summed E-state index contributed by atoms with van der Waals surface area (Å²) in [5, 5.41) is 4.59. The summed E-state index contributed by atoms with van der Waals surface area (Å²) >= 11 is 0. The van der Waals surface area contributed by atoms with Gasteiger partial charge in [-0.25, -0.2) is 4.68 Å². The Morgan fingerprint density at radius 2 is 1.67 bits per heavy atom. The Bertz CT molecular complexity index is 596. The van der Waals surface area contributed by atoms with Gasteiger partial charge in [-0.15, -0.1) is 0 Å². The van der Waals surface area contributed by atoms with Crippen molar-refractivity contribution in [1.29, 1.82) is 0 Å². The minimum Gasteiger partial charge on any atom is -0.302 e. The molecule has 2 aliphatic heterocycles. The first-order valence-corrected chi connectivity index (χ1v) is 9.81. The number of hydrogen-bond acceptors (Lipinski definition) is 4. The maximum atomic E-state index is 12.0. The topological polar surface area (TPSA) is 41.4 Å². The van der Waals surface area contributed by atoms with Crippen LogP contribution in [0.2, 0.25) is 0 Å². The summed E-state index contributed by atoms with van der Waals surface area (Å²) in [6.45, 7) is 7.99. The molecule has 0 atom stereocenters. The lowest BCUT2D eigenvalue weighted by molar-refractivity contribution is 0.0718. The Morgan fingerprint density at radius 1 is 0.958 bits per heavy atom. The van der Waals surface area contributed by atoms with E-state index in [1.807, 2.05) is 6.07 Å². The Labute approximate surface area is 144 Å². The average molecular weight is 330 g/mol. The van der Waals surface area contributed by atoms with E-state index in [4.69, 9.17) is 0 Å². The van der Waals surface area contributed by atoms with Crippen LogP contribution in [0, 0.1) is 5.92 Å². The van der Waals surface area contributed by atoms with E-state index in [1.54, 1.807) is 10.7 Å². The highest BCUT2D eigenvalue weighted by molar-refractivity contribution is 5.12. The summed E-state index contributed by atoms with van der Waals surface area (Å²) < 4.78 is 1.71. The van der Waals surface area contributed by atoms with Gasteiger partial charge < -0.3 is 9.80 Å². The number of likely N-dealkylation sites (tertiary alicyclic amines) is 2. The van der Waals surface area contributed by atoms with Crippen LogP contribution >= 0.6 is 0 Å². The van der Waals surface area contributed by atoms with Gasteiger partial charge in [-0.1, -0.05) is 12.8 Å². The van der Waals surface area contributed by atoms with E-state index >= 15 is 0 Å². The van der Waals surface area contributed by atoms with Crippen molar-refractivity contribution in [1.82, 2.24) is 19.6 Å². The van der Waals surface area contributed by atoms with Crippen LogP contribution in [0.4, 0.5) is 0 Å². The molecule has 3 heterocycles. The number of hydrogen-bond donors (Lipinski definition) is 0. The predicted octanol–water partition coefficient (Wildman–Crippen LogP) is 1.93. The molecule has 5 heteroatoms. The molecule has 0 N–H and O–H groups in total. The monoisotopic (exact) mass is 330 g/mol. The van der Waals surface area contributed by atoms with E-state index < -0.39 is 0 Å². The zero-order chi connectivity index (χ0) is 16.4. The van der Waals surface area contributed by atoms with Gasteiger partial charge in [-0.05, 0) is 44.8 Å². The third-order valence-electron chi connectivity index (χ3n) is 5.78. The van der Waals surface area contributed by atoms with E-state index in [9.17, 15) is 4.79 Å². The third kappa shape index (κ3) is 4.06. The first kappa shape index (κ1) is 16.3. The maximum Gasteiger partial charge on any atom is 0.266 e. The van der Waals surface area contributed by atoms with Gasteiger partial charge in [-0.2, -0.15) is 5.10 Å². The molecule has 5 nitrogen and oxygen atoms in total. The molecule has 0 aromatic carbocycles. The van der Waals surface area contributed by atoms with Gasteiger partial charge in [-0.3, -0.25) is 4.79 Å². The van der Waals surface area contributed by atoms with Crippen molar-refractivity contribution in [3.63, 3.8) is 0 Å². The minimum atomic E-state index is 0.0578. The molecule has 1 aromatic rings. The van der Waals surface area contributed by atoms with Crippen LogP contribution in [-0.2, 0) is 6.54 Å². The van der Waals surface area contributed by atoms with Gasteiger partial charge in [0.15, 0.2) is 0 Å². The normalized spacial score (nSPS) is 23.8. The maximum absolute atomic E-state index is 12.0. The molecule has 4 rings (SSSR count). The molecule has 2 saturated heterocycles. The number of nitrogens with zero attached hydrogens (tertiary/aromatic N) is 4. The zero-order valence-electron chi connectivity index (χ0n) is 14.7. The van der Waals surface area contributed by atoms with Crippen molar-refractivity contribution in [3.8, 4) is 0 Å². The summed E-state index contributed by atoms with van der Waals surface area (Å²) in [6.07, 6.45) is 8.02. The van der Waals surface area contributed by atoms with Crippen molar-refractivity contribution in [2.24, 2.45) is 5.92 Å². The first-order chi connectivity index (χ1) is 11.8. The fourth-order valence-corrected chi connectivity index (χ4v) is 4.05. The van der Waals surface area contributed by atoms with E-state index in [1.165, 1.54) is 64.7 Å². The van der Waals surface area contributed by atoms with Crippen LogP contribution in [-0.4, -0.2) is 58.8 Å². The minimum absolute atomic E-state index is 0.0578. The van der Waals surface area contributed by atoms with Gasteiger partial charge in [0.2, 0.25) is 0 Å². The van der Waals surface area contributed by atoms with Crippen LogP contribution in [0.3, 0.4) is 0 Å².